The van der Waals surface area contributed by atoms with Crippen LogP contribution in [-0.2, 0) is 33.2 Å². The van der Waals surface area contributed by atoms with Crippen LogP contribution in [0.5, 0.6) is 0 Å². The summed E-state index contributed by atoms with van der Waals surface area (Å²) in [5.74, 6) is -0.672. The molecule has 19 heteroatoms. The van der Waals surface area contributed by atoms with Crippen LogP contribution in [0.2, 0.25) is 0 Å². The summed E-state index contributed by atoms with van der Waals surface area (Å²) in [5.41, 5.74) is -2.39. The summed E-state index contributed by atoms with van der Waals surface area (Å²) >= 11 is 0. The van der Waals surface area contributed by atoms with E-state index in [9.17, 15) is 66.1 Å². The molecule has 4 saturated carbocycles. The Morgan fingerprint density at radius 1 is 0.712 bits per heavy atom. The lowest BCUT2D eigenvalue weighted by atomic mass is 9.34. The fourth-order valence-corrected chi connectivity index (χ4v) is 14.8. The molecule has 0 aromatic rings. The van der Waals surface area contributed by atoms with Gasteiger partial charge in [-0.25, -0.2) is 0 Å². The van der Waals surface area contributed by atoms with E-state index in [2.05, 4.69) is 40.7 Å². The van der Waals surface area contributed by atoms with Crippen molar-refractivity contribution < 1.29 is 94.5 Å². The quantitative estimate of drug-likeness (QED) is 0.0996. The van der Waals surface area contributed by atoms with Crippen LogP contribution in [0.3, 0.4) is 0 Å². The minimum Gasteiger partial charge on any atom is -0.432 e. The molecule has 3 saturated heterocycles. The molecular formula is C47H76O19. The number of aliphatic hydroxyl groups excluding tert-OH is 11. The monoisotopic (exact) mass is 944 g/mol. The number of aliphatic hydroxyl groups is 12. The molecule has 5 aliphatic carbocycles. The number of ether oxygens (including phenoxy) is 6. The zero-order valence-electron chi connectivity index (χ0n) is 39.1. The molecule has 8 rings (SSSR count). The molecule has 27 atom stereocenters. The van der Waals surface area contributed by atoms with Crippen molar-refractivity contribution in [2.75, 3.05) is 13.2 Å². The predicted octanol–water partition coefficient (Wildman–Crippen LogP) is -1.28. The van der Waals surface area contributed by atoms with Crippen molar-refractivity contribution >= 4 is 5.97 Å². The van der Waals surface area contributed by atoms with Crippen LogP contribution in [0.4, 0.5) is 0 Å². The third-order valence-electron chi connectivity index (χ3n) is 19.2. The highest BCUT2D eigenvalue weighted by Gasteiger charge is 2.71. The Morgan fingerprint density at radius 3 is 2.03 bits per heavy atom. The number of allylic oxidation sites excluding steroid dienone is 2. The molecule has 66 heavy (non-hydrogen) atoms. The molecule has 0 bridgehead atoms. The number of hydrogen-bond acceptors (Lipinski definition) is 19. The fraction of sp³-hybridized carbons (Fsp3) is 0.936. The second kappa shape index (κ2) is 18.0. The molecule has 3 aliphatic heterocycles. The summed E-state index contributed by atoms with van der Waals surface area (Å²) in [4.78, 5) is 15.0. The lowest BCUT2D eigenvalue weighted by molar-refractivity contribution is -0.361. The zero-order valence-corrected chi connectivity index (χ0v) is 39.1. The maximum atomic E-state index is 15.0. The van der Waals surface area contributed by atoms with E-state index in [1.54, 1.807) is 6.92 Å². The van der Waals surface area contributed by atoms with Gasteiger partial charge in [-0.15, -0.1) is 0 Å². The first-order valence-corrected chi connectivity index (χ1v) is 24.1. The first-order chi connectivity index (χ1) is 30.8. The molecule has 12 N–H and O–H groups in total. The second-order valence-corrected chi connectivity index (χ2v) is 22.5. The predicted molar refractivity (Wildman–Crippen MR) is 227 cm³/mol. The van der Waals surface area contributed by atoms with Gasteiger partial charge in [0.05, 0.1) is 36.4 Å². The Morgan fingerprint density at radius 2 is 1.35 bits per heavy atom. The average molecular weight is 945 g/mol. The van der Waals surface area contributed by atoms with Crippen molar-refractivity contribution in [1.29, 1.82) is 0 Å². The Labute approximate surface area is 385 Å². The Balaban J connectivity index is 0.981. The van der Waals surface area contributed by atoms with E-state index in [1.807, 2.05) is 0 Å². The molecule has 19 nitrogen and oxygen atoms in total. The lowest BCUT2D eigenvalue weighted by Gasteiger charge is -2.71. The topological polar surface area (TPSA) is 315 Å². The van der Waals surface area contributed by atoms with Crippen molar-refractivity contribution in [1.82, 2.24) is 0 Å². The Bertz CT molecular complexity index is 1800. The third kappa shape index (κ3) is 7.68. The van der Waals surface area contributed by atoms with Crippen LogP contribution in [0, 0.1) is 51.2 Å². The summed E-state index contributed by atoms with van der Waals surface area (Å²) < 4.78 is 34.7. The third-order valence-corrected chi connectivity index (χ3v) is 19.2. The lowest BCUT2D eigenvalue weighted by Crippen LogP contribution is -2.70. The smallest absolute Gasteiger partial charge is 0.315 e. The van der Waals surface area contributed by atoms with Gasteiger partial charge in [0.2, 0.25) is 6.29 Å². The maximum Gasteiger partial charge on any atom is 0.315 e. The first kappa shape index (κ1) is 50.9. The first-order valence-electron chi connectivity index (χ1n) is 24.1. The highest BCUT2D eigenvalue weighted by molar-refractivity contribution is 5.79. The summed E-state index contributed by atoms with van der Waals surface area (Å²) in [6.07, 6.45) is -19.5. The van der Waals surface area contributed by atoms with Gasteiger partial charge < -0.3 is 89.7 Å². The Hall–Kier alpha value is -1.47. The molecule has 0 spiro atoms. The van der Waals surface area contributed by atoms with E-state index >= 15 is 0 Å². The van der Waals surface area contributed by atoms with Crippen molar-refractivity contribution in [3.63, 3.8) is 0 Å². The average Bonchev–Trinajstić information content (AvgIpc) is 3.27. The maximum absolute atomic E-state index is 15.0. The van der Waals surface area contributed by atoms with Gasteiger partial charge in [-0.3, -0.25) is 4.79 Å². The van der Waals surface area contributed by atoms with E-state index < -0.39 is 140 Å². The largest absolute Gasteiger partial charge is 0.432 e. The number of rotatable bonds is 8. The van der Waals surface area contributed by atoms with Gasteiger partial charge in [-0.05, 0) is 111 Å². The molecule has 21 unspecified atom stereocenters. The molecule has 0 amide bonds. The van der Waals surface area contributed by atoms with Crippen molar-refractivity contribution in [2.45, 2.75) is 210 Å². The highest BCUT2D eigenvalue weighted by Crippen LogP contribution is 2.75. The molecular weight excluding hydrogens is 868 g/mol. The standard InChI is InChI=1S/C47H76O19/c1-19-10-13-47(15-14-44(5)22(28(47)20(19)2)8-9-26-43(4)16-23(49)38(58)46(7,60)27(43)11-12-45(26,44)6)42(59)66-41-35(56)32(53)30(51)25(64-41)18-61-39-36(57)33(54)37(24(17-48)63-39)65-40-34(55)31(52)29(50)21(3)62-40/h8,19-21,23-41,48-58,60H,9-18H2,1-7H3/t19?,20?,21?,23?,24?,25?,26?,27?,28?,29-,30+,31?,32?,33?,34?,35?,36?,37+,38?,39+,40-,41-,43?,44?,45?,46?,47?/m0/s1. The molecule has 3 heterocycles. The van der Waals surface area contributed by atoms with Gasteiger partial charge in [-0.2, -0.15) is 0 Å². The molecule has 0 radical (unpaired) electrons. The van der Waals surface area contributed by atoms with Gasteiger partial charge in [0.15, 0.2) is 12.6 Å². The normalized spacial score (nSPS) is 57.3. The van der Waals surface area contributed by atoms with Crippen LogP contribution in [0.1, 0.15) is 99.8 Å². The number of fused-ring (bicyclic) bond motifs is 7. The van der Waals surface area contributed by atoms with Gasteiger partial charge >= 0.3 is 5.97 Å². The van der Waals surface area contributed by atoms with Crippen LogP contribution < -0.4 is 0 Å². The van der Waals surface area contributed by atoms with Crippen LogP contribution in [0.25, 0.3) is 0 Å². The summed E-state index contributed by atoms with van der Waals surface area (Å²) in [6.45, 7) is 12.8. The molecule has 378 valence electrons. The van der Waals surface area contributed by atoms with Gasteiger partial charge in [0.25, 0.3) is 0 Å². The number of esters is 1. The minimum absolute atomic E-state index is 0.0516. The second-order valence-electron chi connectivity index (χ2n) is 22.5. The van der Waals surface area contributed by atoms with Gasteiger partial charge in [0.1, 0.15) is 73.2 Å². The Kier molecular flexibility index (Phi) is 13.9. The summed E-state index contributed by atoms with van der Waals surface area (Å²) in [7, 11) is 0. The SMILES string of the molecule is CC1CCC2(C(=O)O[C@@H]3OC(CO[C@@H]4OC(CO)[C@@H](O[C@@H]5OC(C)[C@H](O)C(O)C5O)C(O)C4O)[C@@H](O)C(O)C3O)CCC3(C)C(=CCC4C5(C)CC(O)C(O)C(C)(O)C5CCC43C)C2C1C. The zero-order chi connectivity index (χ0) is 48.4. The highest BCUT2D eigenvalue weighted by atomic mass is 16.8. The van der Waals surface area contributed by atoms with Crippen LogP contribution in [-0.4, -0.2) is 190 Å². The van der Waals surface area contributed by atoms with E-state index in [4.69, 9.17) is 28.4 Å². The summed E-state index contributed by atoms with van der Waals surface area (Å²) in [5, 5.41) is 130. The van der Waals surface area contributed by atoms with E-state index in [1.165, 1.54) is 12.5 Å². The van der Waals surface area contributed by atoms with Crippen LogP contribution >= 0.6 is 0 Å². The van der Waals surface area contributed by atoms with E-state index in [0.717, 1.165) is 12.8 Å². The minimum atomic E-state index is -1.86. The molecule has 0 aromatic heterocycles. The summed E-state index contributed by atoms with van der Waals surface area (Å²) in [6, 6.07) is 0. The van der Waals surface area contributed by atoms with E-state index in [0.29, 0.717) is 38.5 Å². The fourth-order valence-electron chi connectivity index (χ4n) is 14.8. The van der Waals surface area contributed by atoms with Crippen molar-refractivity contribution in [2.24, 2.45) is 51.2 Å². The van der Waals surface area contributed by atoms with Crippen LogP contribution in [0.15, 0.2) is 11.6 Å². The van der Waals surface area contributed by atoms with Crippen molar-refractivity contribution in [3.05, 3.63) is 11.6 Å². The van der Waals surface area contributed by atoms with E-state index in [-0.39, 0.29) is 40.4 Å². The number of hydrogen-bond donors (Lipinski definition) is 12. The van der Waals surface area contributed by atoms with Gasteiger partial charge in [-0.1, -0.05) is 46.3 Å². The number of carbonyl (C=O) groups excluding carboxylic acids is 1. The number of carbonyl (C=O) groups is 1. The molecule has 7 fully saturated rings. The molecule has 0 aromatic carbocycles. The van der Waals surface area contributed by atoms with Gasteiger partial charge in [0, 0.05) is 0 Å². The molecule has 8 aliphatic rings. The van der Waals surface area contributed by atoms with Crippen molar-refractivity contribution in [3.8, 4) is 0 Å².